The van der Waals surface area contributed by atoms with E-state index in [0.29, 0.717) is 12.3 Å². The SMILES string of the molecule is CCCN(CC)C(=O)CC1CNc2ccccc21. The van der Waals surface area contributed by atoms with Gasteiger partial charge in [0.15, 0.2) is 0 Å². The maximum atomic E-state index is 12.2. The normalized spacial score (nSPS) is 17.1. The van der Waals surface area contributed by atoms with Crippen LogP contribution in [0.5, 0.6) is 0 Å². The van der Waals surface area contributed by atoms with Gasteiger partial charge in [0, 0.05) is 37.7 Å². The van der Waals surface area contributed by atoms with Crippen molar-refractivity contribution in [2.45, 2.75) is 32.6 Å². The number of fused-ring (bicyclic) bond motifs is 1. The van der Waals surface area contributed by atoms with Crippen molar-refractivity contribution in [3.05, 3.63) is 29.8 Å². The monoisotopic (exact) mass is 246 g/mol. The number of carbonyl (C=O) groups is 1. The van der Waals surface area contributed by atoms with Gasteiger partial charge in [0.05, 0.1) is 0 Å². The predicted octanol–water partition coefficient (Wildman–Crippen LogP) is 2.84. The highest BCUT2D eigenvalue weighted by atomic mass is 16.2. The van der Waals surface area contributed by atoms with E-state index in [1.807, 2.05) is 17.0 Å². The van der Waals surface area contributed by atoms with Gasteiger partial charge in [-0.25, -0.2) is 0 Å². The van der Waals surface area contributed by atoms with Gasteiger partial charge in [0.1, 0.15) is 0 Å². The van der Waals surface area contributed by atoms with E-state index in [1.54, 1.807) is 0 Å². The molecule has 0 aliphatic carbocycles. The molecule has 0 saturated heterocycles. The molecule has 98 valence electrons. The minimum Gasteiger partial charge on any atom is -0.384 e. The first-order chi connectivity index (χ1) is 8.76. The van der Waals surface area contributed by atoms with Gasteiger partial charge >= 0.3 is 0 Å². The quantitative estimate of drug-likeness (QED) is 0.866. The van der Waals surface area contributed by atoms with Crippen molar-refractivity contribution in [2.75, 3.05) is 25.0 Å². The maximum absolute atomic E-state index is 12.2. The van der Waals surface area contributed by atoms with Crippen LogP contribution < -0.4 is 5.32 Å². The number of nitrogens with zero attached hydrogens (tertiary/aromatic N) is 1. The van der Waals surface area contributed by atoms with Crippen LogP contribution in [0.4, 0.5) is 5.69 Å². The minimum atomic E-state index is 0.280. The summed E-state index contributed by atoms with van der Waals surface area (Å²) >= 11 is 0. The van der Waals surface area contributed by atoms with Crippen LogP contribution >= 0.6 is 0 Å². The lowest BCUT2D eigenvalue weighted by atomic mass is 9.97. The van der Waals surface area contributed by atoms with Crippen LogP contribution in [0.2, 0.25) is 0 Å². The Morgan fingerprint density at radius 3 is 2.89 bits per heavy atom. The lowest BCUT2D eigenvalue weighted by molar-refractivity contribution is -0.131. The van der Waals surface area contributed by atoms with Crippen LogP contribution in [0.3, 0.4) is 0 Å². The summed E-state index contributed by atoms with van der Waals surface area (Å²) in [6, 6.07) is 8.30. The second kappa shape index (κ2) is 5.89. The number of nitrogens with one attached hydrogen (secondary N) is 1. The summed E-state index contributed by atoms with van der Waals surface area (Å²) in [5, 5.41) is 3.37. The second-order valence-corrected chi connectivity index (χ2v) is 4.84. The Kier molecular flexibility index (Phi) is 4.24. The fourth-order valence-corrected chi connectivity index (χ4v) is 2.61. The molecule has 0 bridgehead atoms. The van der Waals surface area contributed by atoms with E-state index < -0.39 is 0 Å². The van der Waals surface area contributed by atoms with E-state index in [1.165, 1.54) is 11.3 Å². The van der Waals surface area contributed by atoms with Crippen molar-refractivity contribution in [3.63, 3.8) is 0 Å². The zero-order valence-corrected chi connectivity index (χ0v) is 11.3. The summed E-state index contributed by atoms with van der Waals surface area (Å²) in [5.74, 6) is 0.613. The molecule has 1 unspecified atom stereocenters. The molecule has 0 aromatic heterocycles. The molecule has 0 spiro atoms. The summed E-state index contributed by atoms with van der Waals surface area (Å²) in [4.78, 5) is 14.2. The molecular weight excluding hydrogens is 224 g/mol. The topological polar surface area (TPSA) is 32.3 Å². The Labute approximate surface area is 109 Å². The Morgan fingerprint density at radius 2 is 2.17 bits per heavy atom. The van der Waals surface area contributed by atoms with Crippen molar-refractivity contribution in [2.24, 2.45) is 0 Å². The minimum absolute atomic E-state index is 0.280. The maximum Gasteiger partial charge on any atom is 0.223 e. The molecule has 0 saturated carbocycles. The molecule has 1 N–H and O–H groups in total. The molecule has 0 radical (unpaired) electrons. The molecule has 1 amide bonds. The Hall–Kier alpha value is -1.51. The highest BCUT2D eigenvalue weighted by Gasteiger charge is 2.25. The average Bonchev–Trinajstić information content (AvgIpc) is 2.79. The van der Waals surface area contributed by atoms with Gasteiger partial charge in [0.25, 0.3) is 0 Å². The highest BCUT2D eigenvalue weighted by molar-refractivity contribution is 5.78. The molecule has 1 aromatic carbocycles. The zero-order chi connectivity index (χ0) is 13.0. The summed E-state index contributed by atoms with van der Waals surface area (Å²) in [6.07, 6.45) is 1.65. The Balaban J connectivity index is 2.01. The largest absolute Gasteiger partial charge is 0.384 e. The van der Waals surface area contributed by atoms with E-state index in [4.69, 9.17) is 0 Å². The summed E-state index contributed by atoms with van der Waals surface area (Å²) < 4.78 is 0. The fourth-order valence-electron chi connectivity index (χ4n) is 2.61. The van der Waals surface area contributed by atoms with Crippen molar-refractivity contribution in [1.29, 1.82) is 0 Å². The van der Waals surface area contributed by atoms with Gasteiger partial charge in [-0.1, -0.05) is 25.1 Å². The molecule has 1 aromatic rings. The second-order valence-electron chi connectivity index (χ2n) is 4.84. The van der Waals surface area contributed by atoms with Gasteiger partial charge in [-0.2, -0.15) is 0 Å². The molecule has 0 fully saturated rings. The van der Waals surface area contributed by atoms with E-state index in [9.17, 15) is 4.79 Å². The average molecular weight is 246 g/mol. The molecule has 1 aliphatic heterocycles. The number of carbonyl (C=O) groups excluding carboxylic acids is 1. The van der Waals surface area contributed by atoms with Crippen LogP contribution in [0.15, 0.2) is 24.3 Å². The molecule has 3 nitrogen and oxygen atoms in total. The number of anilines is 1. The summed E-state index contributed by atoms with van der Waals surface area (Å²) in [7, 11) is 0. The van der Waals surface area contributed by atoms with Crippen LogP contribution in [0.25, 0.3) is 0 Å². The first kappa shape index (κ1) is 12.9. The van der Waals surface area contributed by atoms with Crippen LogP contribution in [0.1, 0.15) is 38.2 Å². The number of hydrogen-bond acceptors (Lipinski definition) is 2. The standard InChI is InChI=1S/C15H22N2O/c1-3-9-17(4-2)15(18)10-12-11-16-14-8-6-5-7-13(12)14/h5-8,12,16H,3-4,9-11H2,1-2H3. The molecule has 3 heteroatoms. The fraction of sp³-hybridized carbons (Fsp3) is 0.533. The Bertz CT molecular complexity index is 417. The first-order valence-electron chi connectivity index (χ1n) is 6.86. The van der Waals surface area contributed by atoms with Crippen molar-refractivity contribution in [1.82, 2.24) is 4.90 Å². The molecule has 2 rings (SSSR count). The lowest BCUT2D eigenvalue weighted by Crippen LogP contribution is -2.32. The van der Waals surface area contributed by atoms with Gasteiger partial charge in [-0.15, -0.1) is 0 Å². The summed E-state index contributed by atoms with van der Waals surface area (Å²) in [6.45, 7) is 6.73. The van der Waals surface area contributed by atoms with Crippen LogP contribution in [-0.4, -0.2) is 30.4 Å². The predicted molar refractivity (Wildman–Crippen MR) is 74.8 cm³/mol. The number of rotatable bonds is 5. The van der Waals surface area contributed by atoms with Gasteiger partial charge in [-0.3, -0.25) is 4.79 Å². The number of hydrogen-bond donors (Lipinski definition) is 1. The Morgan fingerprint density at radius 1 is 1.39 bits per heavy atom. The van der Waals surface area contributed by atoms with Crippen molar-refractivity contribution >= 4 is 11.6 Å². The van der Waals surface area contributed by atoms with Gasteiger partial charge in [-0.05, 0) is 25.0 Å². The zero-order valence-electron chi connectivity index (χ0n) is 11.3. The smallest absolute Gasteiger partial charge is 0.223 e. The third kappa shape index (κ3) is 2.66. The molecule has 1 aliphatic rings. The lowest BCUT2D eigenvalue weighted by Gasteiger charge is -2.22. The van der Waals surface area contributed by atoms with Crippen LogP contribution in [0, 0.1) is 0 Å². The number of benzene rings is 1. The van der Waals surface area contributed by atoms with E-state index in [-0.39, 0.29) is 5.91 Å². The first-order valence-corrected chi connectivity index (χ1v) is 6.86. The molecule has 1 heterocycles. The molecule has 18 heavy (non-hydrogen) atoms. The highest BCUT2D eigenvalue weighted by Crippen LogP contribution is 2.33. The van der Waals surface area contributed by atoms with Gasteiger partial charge in [0.2, 0.25) is 5.91 Å². The van der Waals surface area contributed by atoms with E-state index in [0.717, 1.165) is 26.1 Å². The van der Waals surface area contributed by atoms with Crippen molar-refractivity contribution < 1.29 is 4.79 Å². The van der Waals surface area contributed by atoms with Crippen molar-refractivity contribution in [3.8, 4) is 0 Å². The van der Waals surface area contributed by atoms with Gasteiger partial charge < -0.3 is 10.2 Å². The number of para-hydroxylation sites is 1. The third-order valence-corrected chi connectivity index (χ3v) is 3.59. The molecular formula is C15H22N2O. The summed E-state index contributed by atoms with van der Waals surface area (Å²) in [5.41, 5.74) is 2.48. The van der Waals surface area contributed by atoms with Crippen LogP contribution in [-0.2, 0) is 4.79 Å². The van der Waals surface area contributed by atoms with E-state index in [2.05, 4.69) is 31.3 Å². The molecule has 1 atom stereocenters. The third-order valence-electron chi connectivity index (χ3n) is 3.59. The number of amides is 1. The van der Waals surface area contributed by atoms with E-state index >= 15 is 0 Å².